The molecule has 5 rings (SSSR count). The highest BCUT2D eigenvalue weighted by Crippen LogP contribution is 2.31. The number of hydrogen-bond acceptors (Lipinski definition) is 6. The molecular formula is C28H27N5O6. The zero-order valence-electron chi connectivity index (χ0n) is 21.5. The number of hydrogen-bond donors (Lipinski definition) is 4. The van der Waals surface area contributed by atoms with Gasteiger partial charge >= 0.3 is 12.1 Å². The smallest absolute Gasteiger partial charge is 0.323 e. The lowest BCUT2D eigenvalue weighted by Crippen LogP contribution is -2.54. The summed E-state index contributed by atoms with van der Waals surface area (Å²) in [5, 5.41) is 9.88. The van der Waals surface area contributed by atoms with E-state index in [4.69, 9.17) is 4.74 Å². The van der Waals surface area contributed by atoms with E-state index in [0.29, 0.717) is 28.9 Å². The van der Waals surface area contributed by atoms with Crippen LogP contribution >= 0.6 is 0 Å². The Morgan fingerprint density at radius 1 is 0.949 bits per heavy atom. The minimum Gasteiger partial charge on any atom is -0.497 e. The van der Waals surface area contributed by atoms with Crippen LogP contribution in [0.2, 0.25) is 0 Å². The largest absolute Gasteiger partial charge is 0.497 e. The van der Waals surface area contributed by atoms with E-state index in [1.807, 2.05) is 6.92 Å². The van der Waals surface area contributed by atoms with Gasteiger partial charge in [-0.15, -0.1) is 0 Å². The molecular weight excluding hydrogens is 502 g/mol. The summed E-state index contributed by atoms with van der Waals surface area (Å²) in [7, 11) is 1.51. The van der Waals surface area contributed by atoms with Crippen molar-refractivity contribution in [2.75, 3.05) is 13.7 Å². The number of imide groups is 2. The Hall–Kier alpha value is -4.85. The number of urea groups is 2. The molecule has 11 nitrogen and oxygen atoms in total. The molecule has 2 aromatic rings. The van der Waals surface area contributed by atoms with Crippen molar-refractivity contribution in [2.24, 2.45) is 0 Å². The molecule has 2 atom stereocenters. The molecule has 0 spiro atoms. The normalized spacial score (nSPS) is 23.4. The number of methoxy groups -OCH3 is 1. The molecule has 11 heteroatoms. The van der Waals surface area contributed by atoms with Crippen molar-refractivity contribution in [3.63, 3.8) is 0 Å². The van der Waals surface area contributed by atoms with Gasteiger partial charge in [0.15, 0.2) is 0 Å². The van der Waals surface area contributed by atoms with Gasteiger partial charge in [0.1, 0.15) is 11.3 Å². The molecule has 2 saturated heterocycles. The highest BCUT2D eigenvalue weighted by molar-refractivity contribution is 6.10. The van der Waals surface area contributed by atoms with Crippen molar-refractivity contribution >= 4 is 29.8 Å². The first-order valence-corrected chi connectivity index (χ1v) is 12.6. The third-order valence-corrected chi connectivity index (χ3v) is 7.21. The molecule has 3 heterocycles. The standard InChI is InChI=1S/C28H27N5O6/c1-3-4-12-28(24(36)30-26(38)32-28)19-8-5-17(6-9-19)11-13-27(23(35)29-25(37)31-27)16-33-15-18-7-10-20(39-2)14-21(18)22(33)34/h5-10,14H,3-4,12,15-16H2,1-2H3,(H2,29,31,35,37)(H2,30,32,36,38). The van der Waals surface area contributed by atoms with Gasteiger partial charge in [-0.05, 0) is 41.8 Å². The van der Waals surface area contributed by atoms with Crippen LogP contribution in [0.15, 0.2) is 42.5 Å². The lowest BCUT2D eigenvalue weighted by Gasteiger charge is -2.27. The molecule has 2 fully saturated rings. The lowest BCUT2D eigenvalue weighted by molar-refractivity contribution is -0.124. The molecule has 0 aromatic heterocycles. The zero-order chi connectivity index (χ0) is 27.8. The van der Waals surface area contributed by atoms with E-state index in [2.05, 4.69) is 33.1 Å². The number of fused-ring (bicyclic) bond motifs is 1. The van der Waals surface area contributed by atoms with Crippen LogP contribution in [0.25, 0.3) is 0 Å². The van der Waals surface area contributed by atoms with Crippen molar-refractivity contribution in [3.8, 4) is 17.6 Å². The van der Waals surface area contributed by atoms with E-state index in [1.165, 1.54) is 12.0 Å². The molecule has 2 aromatic carbocycles. The molecule has 0 bridgehead atoms. The Morgan fingerprint density at radius 2 is 1.67 bits per heavy atom. The fraction of sp³-hybridized carbons (Fsp3) is 0.321. The summed E-state index contributed by atoms with van der Waals surface area (Å²) in [6, 6.07) is 10.7. The maximum atomic E-state index is 13.1. The molecule has 39 heavy (non-hydrogen) atoms. The summed E-state index contributed by atoms with van der Waals surface area (Å²) in [6.45, 7) is 2.10. The molecule has 0 aliphatic carbocycles. The Balaban J connectivity index is 1.41. The average Bonchev–Trinajstić information content (AvgIpc) is 3.50. The number of rotatable bonds is 7. The first kappa shape index (κ1) is 25.8. The number of unbranched alkanes of at least 4 members (excludes halogenated alkanes) is 1. The van der Waals surface area contributed by atoms with Gasteiger partial charge in [0.05, 0.1) is 13.7 Å². The van der Waals surface area contributed by atoms with Crippen LogP contribution < -0.4 is 26.0 Å². The summed E-state index contributed by atoms with van der Waals surface area (Å²) in [5.74, 6) is 5.00. The number of ether oxygens (including phenoxy) is 1. The van der Waals surface area contributed by atoms with Crippen molar-refractivity contribution in [1.29, 1.82) is 0 Å². The van der Waals surface area contributed by atoms with E-state index in [9.17, 15) is 24.0 Å². The number of nitrogens with zero attached hydrogens (tertiary/aromatic N) is 1. The van der Waals surface area contributed by atoms with Gasteiger partial charge in [0.2, 0.25) is 5.54 Å². The fourth-order valence-corrected chi connectivity index (χ4v) is 5.09. The third kappa shape index (κ3) is 4.54. The lowest BCUT2D eigenvalue weighted by atomic mass is 9.84. The van der Waals surface area contributed by atoms with E-state index in [1.54, 1.807) is 42.5 Å². The van der Waals surface area contributed by atoms with Gasteiger partial charge in [0.25, 0.3) is 17.7 Å². The van der Waals surface area contributed by atoms with Crippen LogP contribution in [-0.4, -0.2) is 53.9 Å². The number of amides is 7. The predicted octanol–water partition coefficient (Wildman–Crippen LogP) is 1.51. The minimum atomic E-state index is -1.65. The first-order chi connectivity index (χ1) is 18.7. The second-order valence-corrected chi connectivity index (χ2v) is 9.74. The maximum Gasteiger partial charge on any atom is 0.323 e. The van der Waals surface area contributed by atoms with Crippen molar-refractivity contribution in [2.45, 2.75) is 43.8 Å². The minimum absolute atomic E-state index is 0.155. The highest BCUT2D eigenvalue weighted by atomic mass is 16.5. The van der Waals surface area contributed by atoms with Gasteiger partial charge in [-0.2, -0.15) is 0 Å². The monoisotopic (exact) mass is 529 g/mol. The Bertz CT molecular complexity index is 1460. The second-order valence-electron chi connectivity index (χ2n) is 9.74. The Morgan fingerprint density at radius 3 is 2.28 bits per heavy atom. The number of carbonyl (C=O) groups is 5. The molecule has 4 N–H and O–H groups in total. The molecule has 0 saturated carbocycles. The SMILES string of the molecule is CCCCC1(c2ccc(C#CC3(CN4Cc5ccc(OC)cc5C4=O)NC(=O)NC3=O)cc2)NC(=O)NC1=O. The van der Waals surface area contributed by atoms with Crippen LogP contribution in [-0.2, 0) is 21.7 Å². The fourth-order valence-electron chi connectivity index (χ4n) is 5.09. The summed E-state index contributed by atoms with van der Waals surface area (Å²) in [4.78, 5) is 64.1. The molecule has 3 aliphatic heterocycles. The Kier molecular flexibility index (Phi) is 6.48. The van der Waals surface area contributed by atoms with Crippen LogP contribution in [0.5, 0.6) is 5.75 Å². The molecule has 0 radical (unpaired) electrons. The highest BCUT2D eigenvalue weighted by Gasteiger charge is 2.49. The van der Waals surface area contributed by atoms with Crippen molar-refractivity contribution < 1.29 is 28.7 Å². The van der Waals surface area contributed by atoms with Gasteiger partial charge in [-0.25, -0.2) is 9.59 Å². The van der Waals surface area contributed by atoms with Crippen LogP contribution in [0.4, 0.5) is 9.59 Å². The van der Waals surface area contributed by atoms with E-state index >= 15 is 0 Å². The number of nitrogens with one attached hydrogen (secondary N) is 4. The van der Waals surface area contributed by atoms with Crippen molar-refractivity contribution in [3.05, 3.63) is 64.7 Å². The number of benzene rings is 2. The van der Waals surface area contributed by atoms with Crippen molar-refractivity contribution in [1.82, 2.24) is 26.2 Å². The summed E-state index contributed by atoms with van der Waals surface area (Å²) < 4.78 is 5.22. The van der Waals surface area contributed by atoms with E-state index in [0.717, 1.165) is 18.4 Å². The molecule has 200 valence electrons. The maximum absolute atomic E-state index is 13.1. The first-order valence-electron chi connectivity index (χ1n) is 12.6. The van der Waals surface area contributed by atoms with Crippen LogP contribution in [0.3, 0.4) is 0 Å². The van der Waals surface area contributed by atoms with Crippen LogP contribution in [0.1, 0.15) is 53.2 Å². The van der Waals surface area contributed by atoms with Gasteiger partial charge in [-0.3, -0.25) is 25.0 Å². The van der Waals surface area contributed by atoms with Gasteiger partial charge in [-0.1, -0.05) is 49.8 Å². The molecule has 3 aliphatic rings. The molecule has 2 unspecified atom stereocenters. The molecule has 7 amide bonds. The number of carbonyl (C=O) groups excluding carboxylic acids is 5. The van der Waals surface area contributed by atoms with E-state index < -0.39 is 35.0 Å². The van der Waals surface area contributed by atoms with Crippen LogP contribution in [0, 0.1) is 11.8 Å². The second kappa shape index (κ2) is 9.79. The quantitative estimate of drug-likeness (QED) is 0.316. The van der Waals surface area contributed by atoms with E-state index in [-0.39, 0.29) is 19.0 Å². The predicted molar refractivity (Wildman–Crippen MR) is 138 cm³/mol. The summed E-state index contributed by atoms with van der Waals surface area (Å²) >= 11 is 0. The van der Waals surface area contributed by atoms with Gasteiger partial charge in [0, 0.05) is 17.7 Å². The summed E-state index contributed by atoms with van der Waals surface area (Å²) in [5.41, 5.74) is -0.431. The summed E-state index contributed by atoms with van der Waals surface area (Å²) in [6.07, 6.45) is 2.03. The average molecular weight is 530 g/mol. The Labute approximate surface area is 224 Å². The van der Waals surface area contributed by atoms with Gasteiger partial charge < -0.3 is 20.3 Å². The third-order valence-electron chi connectivity index (χ3n) is 7.21. The zero-order valence-corrected chi connectivity index (χ0v) is 21.5. The topological polar surface area (TPSA) is 146 Å².